The van der Waals surface area contributed by atoms with Crippen LogP contribution in [-0.4, -0.2) is 34.0 Å². The second-order valence-corrected chi connectivity index (χ2v) is 6.93. The number of carbonyl (C=O) groups is 1. The summed E-state index contributed by atoms with van der Waals surface area (Å²) >= 11 is 0. The molecule has 0 N–H and O–H groups in total. The first-order valence-corrected chi connectivity index (χ1v) is 8.90. The van der Waals surface area contributed by atoms with Gasteiger partial charge in [0, 0.05) is 25.1 Å². The number of likely N-dealkylation sites (tertiary alicyclic amines) is 1. The number of hydrogen-bond acceptors (Lipinski definition) is 4. The first-order valence-electron chi connectivity index (χ1n) is 8.90. The normalized spacial score (nSPS) is 16.1. The van der Waals surface area contributed by atoms with Crippen molar-refractivity contribution in [2.24, 2.45) is 0 Å². The molecule has 5 nitrogen and oxygen atoms in total. The van der Waals surface area contributed by atoms with Crippen molar-refractivity contribution < 1.29 is 9.32 Å². The Morgan fingerprint density at radius 3 is 2.48 bits per heavy atom. The molecule has 132 valence electrons. The Kier molecular flexibility index (Phi) is 5.31. The van der Waals surface area contributed by atoms with Crippen molar-refractivity contribution in [1.82, 2.24) is 15.0 Å². The Hall–Kier alpha value is -2.43. The van der Waals surface area contributed by atoms with Crippen LogP contribution in [0.4, 0.5) is 0 Å². The summed E-state index contributed by atoms with van der Waals surface area (Å²) in [5, 5.41) is 3.85. The van der Waals surface area contributed by atoms with Crippen LogP contribution in [0, 0.1) is 6.92 Å². The average Bonchev–Trinajstić information content (AvgIpc) is 3.06. The molecule has 1 aliphatic rings. The van der Waals surface area contributed by atoms with Crippen LogP contribution >= 0.6 is 0 Å². The maximum Gasteiger partial charge on any atom is 0.246 e. The monoisotopic (exact) mass is 339 g/mol. The SMILES string of the molecule is Cc1noc(C2CCN(C(=O)/C=C/c3ccc(C(C)C)cc3)CC2)n1. The highest BCUT2D eigenvalue weighted by atomic mass is 16.5. The predicted octanol–water partition coefficient (Wildman–Crippen LogP) is 3.92. The van der Waals surface area contributed by atoms with E-state index in [1.54, 1.807) is 6.08 Å². The van der Waals surface area contributed by atoms with E-state index in [1.165, 1.54) is 5.56 Å². The Morgan fingerprint density at radius 1 is 1.24 bits per heavy atom. The van der Waals surface area contributed by atoms with Crippen LogP contribution in [-0.2, 0) is 4.79 Å². The van der Waals surface area contributed by atoms with Gasteiger partial charge in [0.15, 0.2) is 5.82 Å². The summed E-state index contributed by atoms with van der Waals surface area (Å²) in [6.45, 7) is 7.62. The first kappa shape index (κ1) is 17.4. The van der Waals surface area contributed by atoms with Crippen molar-refractivity contribution in [2.45, 2.75) is 45.4 Å². The number of piperidine rings is 1. The summed E-state index contributed by atoms with van der Waals surface area (Å²) in [6, 6.07) is 8.35. The van der Waals surface area contributed by atoms with E-state index in [-0.39, 0.29) is 11.8 Å². The zero-order valence-electron chi connectivity index (χ0n) is 15.1. The van der Waals surface area contributed by atoms with Crippen LogP contribution in [0.15, 0.2) is 34.9 Å². The lowest BCUT2D eigenvalue weighted by Crippen LogP contribution is -2.36. The van der Waals surface area contributed by atoms with Crippen molar-refractivity contribution in [2.75, 3.05) is 13.1 Å². The van der Waals surface area contributed by atoms with Gasteiger partial charge in [-0.3, -0.25) is 4.79 Å². The van der Waals surface area contributed by atoms with Gasteiger partial charge in [-0.1, -0.05) is 43.3 Å². The largest absolute Gasteiger partial charge is 0.339 e. The Bertz CT molecular complexity index is 739. The van der Waals surface area contributed by atoms with E-state index in [2.05, 4.69) is 48.3 Å². The molecule has 3 rings (SSSR count). The molecule has 1 fully saturated rings. The molecule has 1 aliphatic heterocycles. The smallest absolute Gasteiger partial charge is 0.246 e. The molecule has 5 heteroatoms. The number of aryl methyl sites for hydroxylation is 1. The Morgan fingerprint density at radius 2 is 1.92 bits per heavy atom. The standard InChI is InChI=1S/C20H25N3O2/c1-14(2)17-7-4-16(5-8-17)6-9-19(24)23-12-10-18(11-13-23)20-21-15(3)22-25-20/h4-9,14,18H,10-13H2,1-3H3/b9-6+. The van der Waals surface area contributed by atoms with Crippen LogP contribution in [0.5, 0.6) is 0 Å². The van der Waals surface area contributed by atoms with Gasteiger partial charge in [-0.25, -0.2) is 0 Å². The van der Waals surface area contributed by atoms with Crippen molar-refractivity contribution in [3.8, 4) is 0 Å². The zero-order valence-corrected chi connectivity index (χ0v) is 15.1. The summed E-state index contributed by atoms with van der Waals surface area (Å²) in [5.41, 5.74) is 2.36. The van der Waals surface area contributed by atoms with Crippen LogP contribution in [0.3, 0.4) is 0 Å². The number of nitrogens with zero attached hydrogens (tertiary/aromatic N) is 3. The number of rotatable bonds is 4. The van der Waals surface area contributed by atoms with E-state index in [0.717, 1.165) is 31.5 Å². The number of amides is 1. The van der Waals surface area contributed by atoms with E-state index < -0.39 is 0 Å². The Labute approximate surface area is 148 Å². The maximum absolute atomic E-state index is 12.4. The lowest BCUT2D eigenvalue weighted by molar-refractivity contribution is -0.127. The molecule has 25 heavy (non-hydrogen) atoms. The number of carbonyl (C=O) groups excluding carboxylic acids is 1. The second kappa shape index (κ2) is 7.64. The third-order valence-corrected chi connectivity index (χ3v) is 4.72. The summed E-state index contributed by atoms with van der Waals surface area (Å²) in [7, 11) is 0. The van der Waals surface area contributed by atoms with Gasteiger partial charge >= 0.3 is 0 Å². The lowest BCUT2D eigenvalue weighted by Gasteiger charge is -2.29. The van der Waals surface area contributed by atoms with Gasteiger partial charge in [0.25, 0.3) is 0 Å². The van der Waals surface area contributed by atoms with E-state index >= 15 is 0 Å². The van der Waals surface area contributed by atoms with Gasteiger partial charge in [-0.15, -0.1) is 0 Å². The van der Waals surface area contributed by atoms with Gasteiger partial charge < -0.3 is 9.42 Å². The summed E-state index contributed by atoms with van der Waals surface area (Å²) in [5.74, 6) is 2.21. The number of aromatic nitrogens is 2. The highest BCUT2D eigenvalue weighted by Crippen LogP contribution is 2.26. The van der Waals surface area contributed by atoms with Crippen LogP contribution in [0.2, 0.25) is 0 Å². The van der Waals surface area contributed by atoms with Gasteiger partial charge in [0.2, 0.25) is 11.8 Å². The molecule has 1 aromatic heterocycles. The van der Waals surface area contributed by atoms with E-state index in [9.17, 15) is 4.79 Å². The number of benzene rings is 1. The molecule has 2 aromatic rings. The highest BCUT2D eigenvalue weighted by Gasteiger charge is 2.26. The van der Waals surface area contributed by atoms with Crippen molar-refractivity contribution in [3.05, 3.63) is 53.2 Å². The molecule has 2 heterocycles. The third kappa shape index (κ3) is 4.35. The summed E-state index contributed by atoms with van der Waals surface area (Å²) in [6.07, 6.45) is 5.29. The molecule has 0 bridgehead atoms. The molecule has 0 radical (unpaired) electrons. The minimum absolute atomic E-state index is 0.0631. The molecule has 0 spiro atoms. The summed E-state index contributed by atoms with van der Waals surface area (Å²) < 4.78 is 5.25. The average molecular weight is 339 g/mol. The molecular weight excluding hydrogens is 314 g/mol. The molecular formula is C20H25N3O2. The van der Waals surface area contributed by atoms with E-state index in [0.29, 0.717) is 17.6 Å². The molecule has 0 unspecified atom stereocenters. The summed E-state index contributed by atoms with van der Waals surface area (Å²) in [4.78, 5) is 18.6. The van der Waals surface area contributed by atoms with Gasteiger partial charge in [0.1, 0.15) is 0 Å². The highest BCUT2D eigenvalue weighted by molar-refractivity contribution is 5.91. The minimum Gasteiger partial charge on any atom is -0.339 e. The van der Waals surface area contributed by atoms with E-state index in [1.807, 2.05) is 17.9 Å². The Balaban J connectivity index is 1.53. The van der Waals surface area contributed by atoms with Crippen molar-refractivity contribution >= 4 is 12.0 Å². The van der Waals surface area contributed by atoms with Gasteiger partial charge in [-0.2, -0.15) is 4.98 Å². The van der Waals surface area contributed by atoms with Crippen LogP contribution in [0.25, 0.3) is 6.08 Å². The first-order chi connectivity index (χ1) is 12.0. The quantitative estimate of drug-likeness (QED) is 0.792. The fraction of sp³-hybridized carbons (Fsp3) is 0.450. The van der Waals surface area contributed by atoms with Gasteiger partial charge in [-0.05, 0) is 42.9 Å². The lowest BCUT2D eigenvalue weighted by atomic mass is 9.96. The van der Waals surface area contributed by atoms with Crippen LogP contribution in [0.1, 0.15) is 61.4 Å². The third-order valence-electron chi connectivity index (χ3n) is 4.72. The van der Waals surface area contributed by atoms with Crippen molar-refractivity contribution in [3.63, 3.8) is 0 Å². The fourth-order valence-corrected chi connectivity index (χ4v) is 3.09. The zero-order chi connectivity index (χ0) is 17.8. The van der Waals surface area contributed by atoms with Crippen LogP contribution < -0.4 is 0 Å². The molecule has 1 amide bonds. The van der Waals surface area contributed by atoms with E-state index in [4.69, 9.17) is 4.52 Å². The predicted molar refractivity (Wildman–Crippen MR) is 97.2 cm³/mol. The van der Waals surface area contributed by atoms with Crippen molar-refractivity contribution in [1.29, 1.82) is 0 Å². The fourth-order valence-electron chi connectivity index (χ4n) is 3.09. The molecule has 0 atom stereocenters. The van der Waals surface area contributed by atoms with Gasteiger partial charge in [0.05, 0.1) is 0 Å². The minimum atomic E-state index is 0.0631. The second-order valence-electron chi connectivity index (χ2n) is 6.93. The maximum atomic E-state index is 12.4. The molecule has 0 aliphatic carbocycles. The molecule has 1 saturated heterocycles. The number of hydrogen-bond donors (Lipinski definition) is 0. The molecule has 0 saturated carbocycles. The molecule has 1 aromatic carbocycles. The topological polar surface area (TPSA) is 59.2 Å².